The molecule has 7 heteroatoms. The van der Waals surface area contributed by atoms with Crippen molar-refractivity contribution in [1.29, 1.82) is 5.41 Å². The highest BCUT2D eigenvalue weighted by molar-refractivity contribution is 6.42. The summed E-state index contributed by atoms with van der Waals surface area (Å²) < 4.78 is 13.0. The first kappa shape index (κ1) is 14.8. The summed E-state index contributed by atoms with van der Waals surface area (Å²) in [5.74, 6) is -1.31. The third-order valence-corrected chi connectivity index (χ3v) is 3.71. The smallest absolute Gasteiger partial charge is 0.354 e. The molecule has 116 valence electrons. The van der Waals surface area contributed by atoms with Crippen LogP contribution in [-0.4, -0.2) is 26.8 Å². The Morgan fingerprint density at radius 2 is 1.96 bits per heavy atom. The van der Waals surface area contributed by atoms with Crippen LogP contribution in [0.15, 0.2) is 36.0 Å². The van der Waals surface area contributed by atoms with E-state index in [0.717, 1.165) is 5.56 Å². The zero-order valence-corrected chi connectivity index (χ0v) is 12.0. The number of hydrogen-bond donors (Lipinski definition) is 3. The van der Waals surface area contributed by atoms with Gasteiger partial charge in [0.25, 0.3) is 0 Å². The van der Waals surface area contributed by atoms with E-state index in [-0.39, 0.29) is 17.1 Å². The first-order valence-electron chi connectivity index (χ1n) is 6.90. The van der Waals surface area contributed by atoms with Gasteiger partial charge < -0.3 is 10.8 Å². The van der Waals surface area contributed by atoms with Crippen LogP contribution in [0.1, 0.15) is 17.7 Å². The first-order chi connectivity index (χ1) is 11.0. The van der Waals surface area contributed by atoms with Crippen LogP contribution in [0, 0.1) is 11.2 Å². The molecule has 0 radical (unpaired) electrons. The number of benzene rings is 1. The number of fused-ring (bicyclic) bond motifs is 1. The van der Waals surface area contributed by atoms with Gasteiger partial charge in [0, 0.05) is 17.3 Å². The fraction of sp³-hybridized carbons (Fsp3) is 0.125. The van der Waals surface area contributed by atoms with Gasteiger partial charge in [0.2, 0.25) is 0 Å². The number of aryl methyl sites for hydroxylation is 1. The van der Waals surface area contributed by atoms with Gasteiger partial charge in [-0.15, -0.1) is 0 Å². The van der Waals surface area contributed by atoms with Crippen LogP contribution in [0.4, 0.5) is 4.39 Å². The lowest BCUT2D eigenvalue weighted by molar-refractivity contribution is -0.129. The molecule has 1 aliphatic rings. The predicted octanol–water partition coefficient (Wildman–Crippen LogP) is 2.00. The third kappa shape index (κ3) is 2.68. The Morgan fingerprint density at radius 3 is 2.61 bits per heavy atom. The topological polar surface area (TPSA) is 113 Å². The lowest BCUT2D eigenvalue weighted by atomic mass is 9.91. The van der Waals surface area contributed by atoms with Crippen molar-refractivity contribution < 1.29 is 14.3 Å². The first-order valence-corrected chi connectivity index (χ1v) is 6.90. The highest BCUT2D eigenvalue weighted by Gasteiger charge is 2.25. The van der Waals surface area contributed by atoms with Gasteiger partial charge in [-0.25, -0.2) is 19.2 Å². The Morgan fingerprint density at radius 1 is 1.26 bits per heavy atom. The standard InChI is InChI=1S/C16H13FN4O2/c17-10-4-1-8(2-5-10)15-20-7-9-3-6-11(13(19)16(22)23)12(18)14(9)21-15/h1-2,4-5,7,19H,3,6,18H2,(H,22,23). The summed E-state index contributed by atoms with van der Waals surface area (Å²) in [6.07, 6.45) is 2.52. The fourth-order valence-electron chi connectivity index (χ4n) is 2.49. The van der Waals surface area contributed by atoms with Crippen LogP contribution < -0.4 is 5.73 Å². The number of aromatic nitrogens is 2. The van der Waals surface area contributed by atoms with E-state index in [1.165, 1.54) is 12.1 Å². The van der Waals surface area contributed by atoms with Crippen molar-refractivity contribution in [2.24, 2.45) is 5.73 Å². The van der Waals surface area contributed by atoms with Crippen LogP contribution in [-0.2, 0) is 11.2 Å². The Labute approximate surface area is 131 Å². The summed E-state index contributed by atoms with van der Waals surface area (Å²) in [7, 11) is 0. The van der Waals surface area contributed by atoms with Crippen molar-refractivity contribution in [2.75, 3.05) is 0 Å². The molecule has 0 bridgehead atoms. The number of carboxylic acid groups (broad SMARTS) is 1. The van der Waals surface area contributed by atoms with E-state index in [2.05, 4.69) is 9.97 Å². The molecule has 0 unspecified atom stereocenters. The number of rotatable bonds is 3. The largest absolute Gasteiger partial charge is 0.477 e. The molecule has 0 amide bonds. The minimum Gasteiger partial charge on any atom is -0.477 e. The molecule has 1 aliphatic carbocycles. The molecule has 0 aliphatic heterocycles. The molecule has 0 spiro atoms. The Hall–Kier alpha value is -3.09. The lowest BCUT2D eigenvalue weighted by Crippen LogP contribution is -2.23. The van der Waals surface area contributed by atoms with Crippen LogP contribution in [0.3, 0.4) is 0 Å². The second-order valence-corrected chi connectivity index (χ2v) is 5.15. The number of halogens is 1. The average molecular weight is 312 g/mol. The molecule has 6 nitrogen and oxygen atoms in total. The van der Waals surface area contributed by atoms with Crippen molar-refractivity contribution in [3.8, 4) is 11.4 Å². The fourth-order valence-corrected chi connectivity index (χ4v) is 2.49. The highest BCUT2D eigenvalue weighted by atomic mass is 19.1. The molecule has 0 saturated carbocycles. The minimum absolute atomic E-state index is 0.185. The number of nitrogens with one attached hydrogen (secondary N) is 1. The molecule has 0 fully saturated rings. The van der Waals surface area contributed by atoms with E-state index >= 15 is 0 Å². The lowest BCUT2D eigenvalue weighted by Gasteiger charge is -2.19. The van der Waals surface area contributed by atoms with Crippen molar-refractivity contribution in [1.82, 2.24) is 9.97 Å². The zero-order chi connectivity index (χ0) is 16.6. The number of carbonyl (C=O) groups is 1. The van der Waals surface area contributed by atoms with Crippen LogP contribution in [0.5, 0.6) is 0 Å². The van der Waals surface area contributed by atoms with Crippen molar-refractivity contribution in [3.63, 3.8) is 0 Å². The van der Waals surface area contributed by atoms with Gasteiger partial charge in [-0.3, -0.25) is 5.41 Å². The Bertz CT molecular complexity index is 844. The maximum Gasteiger partial charge on any atom is 0.354 e. The Kier molecular flexibility index (Phi) is 3.61. The second kappa shape index (κ2) is 5.60. The van der Waals surface area contributed by atoms with Crippen LogP contribution in [0.25, 0.3) is 17.1 Å². The summed E-state index contributed by atoms with van der Waals surface area (Å²) in [6.45, 7) is 0. The summed E-state index contributed by atoms with van der Waals surface area (Å²) in [6, 6.07) is 5.73. The molecule has 1 aromatic heterocycles. The van der Waals surface area contributed by atoms with E-state index in [1.807, 2.05) is 0 Å². The minimum atomic E-state index is -1.32. The number of carboxylic acids is 1. The van der Waals surface area contributed by atoms with E-state index in [0.29, 0.717) is 29.9 Å². The second-order valence-electron chi connectivity index (χ2n) is 5.15. The molecule has 3 rings (SSSR count). The maximum atomic E-state index is 13.0. The molecule has 1 heterocycles. The van der Waals surface area contributed by atoms with Crippen LogP contribution >= 0.6 is 0 Å². The molecule has 0 atom stereocenters. The molecule has 23 heavy (non-hydrogen) atoms. The molecule has 0 saturated heterocycles. The van der Waals surface area contributed by atoms with Gasteiger partial charge in [-0.05, 0) is 42.7 Å². The molecular weight excluding hydrogens is 299 g/mol. The summed E-state index contributed by atoms with van der Waals surface area (Å²) in [4.78, 5) is 19.6. The van der Waals surface area contributed by atoms with E-state index in [9.17, 15) is 9.18 Å². The summed E-state index contributed by atoms with van der Waals surface area (Å²) in [5.41, 5.74) is 7.83. The van der Waals surface area contributed by atoms with E-state index in [1.54, 1.807) is 18.3 Å². The van der Waals surface area contributed by atoms with Crippen LogP contribution in [0.2, 0.25) is 0 Å². The summed E-state index contributed by atoms with van der Waals surface area (Å²) in [5, 5.41) is 16.6. The summed E-state index contributed by atoms with van der Waals surface area (Å²) >= 11 is 0. The molecule has 4 N–H and O–H groups in total. The quantitative estimate of drug-likeness (QED) is 0.750. The monoisotopic (exact) mass is 312 g/mol. The normalized spacial score (nSPS) is 13.6. The zero-order valence-electron chi connectivity index (χ0n) is 12.0. The predicted molar refractivity (Wildman–Crippen MR) is 82.2 cm³/mol. The number of nitrogens with two attached hydrogens (primary N) is 1. The van der Waals surface area contributed by atoms with Gasteiger partial charge in [-0.1, -0.05) is 0 Å². The Balaban J connectivity index is 2.08. The van der Waals surface area contributed by atoms with Gasteiger partial charge >= 0.3 is 5.97 Å². The molecular formula is C16H13FN4O2. The van der Waals surface area contributed by atoms with E-state index < -0.39 is 11.7 Å². The maximum absolute atomic E-state index is 13.0. The van der Waals surface area contributed by atoms with E-state index in [4.69, 9.17) is 16.2 Å². The SMILES string of the molecule is N=C(C(=O)O)C1=C(N)c2nc(-c3ccc(F)cc3)ncc2CC1. The molecule has 1 aromatic carbocycles. The van der Waals surface area contributed by atoms with Crippen molar-refractivity contribution in [3.05, 3.63) is 53.1 Å². The number of aliphatic carboxylic acids is 1. The number of nitrogens with zero attached hydrogens (tertiary/aromatic N) is 2. The van der Waals surface area contributed by atoms with Gasteiger partial charge in [-0.2, -0.15) is 0 Å². The number of hydrogen-bond acceptors (Lipinski definition) is 5. The highest BCUT2D eigenvalue weighted by Crippen LogP contribution is 2.28. The van der Waals surface area contributed by atoms with Gasteiger partial charge in [0.05, 0.1) is 11.4 Å². The van der Waals surface area contributed by atoms with Gasteiger partial charge in [0.1, 0.15) is 11.5 Å². The van der Waals surface area contributed by atoms with Crippen molar-refractivity contribution in [2.45, 2.75) is 12.8 Å². The average Bonchev–Trinajstić information content (AvgIpc) is 2.55. The molecule has 2 aromatic rings. The third-order valence-electron chi connectivity index (χ3n) is 3.71. The van der Waals surface area contributed by atoms with Crippen molar-refractivity contribution >= 4 is 17.4 Å². The van der Waals surface area contributed by atoms with Gasteiger partial charge in [0.15, 0.2) is 5.82 Å².